The Morgan fingerprint density at radius 1 is 0.943 bits per heavy atom. The van der Waals surface area contributed by atoms with Gasteiger partial charge in [-0.2, -0.15) is 18.3 Å². The average molecular weight is 484 g/mol. The Morgan fingerprint density at radius 3 is 2.37 bits per heavy atom. The van der Waals surface area contributed by atoms with Crippen LogP contribution in [0, 0.1) is 5.82 Å². The summed E-state index contributed by atoms with van der Waals surface area (Å²) in [6, 6.07) is 19.0. The molecule has 4 aromatic rings. The predicted molar refractivity (Wildman–Crippen MR) is 122 cm³/mol. The molecule has 0 aliphatic rings. The second-order valence-electron chi connectivity index (χ2n) is 7.69. The first-order chi connectivity index (χ1) is 16.7. The van der Waals surface area contributed by atoms with Crippen molar-refractivity contribution in [1.29, 1.82) is 0 Å². The zero-order valence-electron chi connectivity index (χ0n) is 18.3. The summed E-state index contributed by atoms with van der Waals surface area (Å²) in [5.41, 5.74) is 0.219. The Balaban J connectivity index is 1.84. The van der Waals surface area contributed by atoms with Gasteiger partial charge in [0, 0.05) is 17.5 Å². The molecule has 0 radical (unpaired) electrons. The quantitative estimate of drug-likeness (QED) is 0.226. The van der Waals surface area contributed by atoms with Crippen molar-refractivity contribution in [3.63, 3.8) is 0 Å². The second-order valence-corrected chi connectivity index (χ2v) is 7.69. The lowest BCUT2D eigenvalue weighted by molar-refractivity contribution is -0.138. The van der Waals surface area contributed by atoms with E-state index < -0.39 is 23.5 Å². The molecule has 9 heteroatoms. The van der Waals surface area contributed by atoms with Crippen LogP contribution in [0.5, 0.6) is 5.75 Å². The number of para-hydroxylation sites is 1. The van der Waals surface area contributed by atoms with Crippen LogP contribution in [0.25, 0.3) is 28.2 Å². The zero-order chi connectivity index (χ0) is 25.0. The van der Waals surface area contributed by atoms with E-state index in [1.807, 2.05) is 0 Å². The minimum Gasteiger partial charge on any atom is -0.493 e. The first-order valence-corrected chi connectivity index (χ1v) is 10.7. The number of ether oxygens (including phenoxy) is 1. The Hall–Kier alpha value is -4.14. The van der Waals surface area contributed by atoms with Crippen LogP contribution in [0.1, 0.15) is 18.4 Å². The van der Waals surface area contributed by atoms with Crippen molar-refractivity contribution in [2.24, 2.45) is 0 Å². The third-order valence-electron chi connectivity index (χ3n) is 5.23. The van der Waals surface area contributed by atoms with Gasteiger partial charge in [0.25, 0.3) is 0 Å². The molecule has 4 rings (SSSR count). The van der Waals surface area contributed by atoms with Gasteiger partial charge in [0.15, 0.2) is 0 Å². The normalized spacial score (nSPS) is 11.4. The highest BCUT2D eigenvalue weighted by Crippen LogP contribution is 2.40. The molecule has 0 unspecified atom stereocenters. The summed E-state index contributed by atoms with van der Waals surface area (Å²) < 4.78 is 62.6. The molecule has 3 aromatic carbocycles. The molecule has 0 aliphatic heterocycles. The number of hydrogen-bond donors (Lipinski definition) is 1. The Kier molecular flexibility index (Phi) is 6.86. The van der Waals surface area contributed by atoms with Crippen LogP contribution in [0.2, 0.25) is 0 Å². The van der Waals surface area contributed by atoms with Crippen molar-refractivity contribution in [3.05, 3.63) is 90.2 Å². The molecule has 0 bridgehead atoms. The SMILES string of the molecule is O=C(O)CCCOc1ccc(F)cc1-c1cc(-c2ccccc2C(F)(F)F)n(-c2ccccc2)n1. The van der Waals surface area contributed by atoms with E-state index in [9.17, 15) is 22.4 Å². The van der Waals surface area contributed by atoms with Gasteiger partial charge in [0.2, 0.25) is 0 Å². The van der Waals surface area contributed by atoms with Gasteiger partial charge in [0.1, 0.15) is 11.6 Å². The number of nitrogens with zero attached hydrogens (tertiary/aromatic N) is 2. The first-order valence-electron chi connectivity index (χ1n) is 10.7. The van der Waals surface area contributed by atoms with E-state index in [-0.39, 0.29) is 47.7 Å². The third kappa shape index (κ3) is 5.51. The Bertz CT molecular complexity index is 1330. The molecule has 0 spiro atoms. The maximum atomic E-state index is 14.2. The van der Waals surface area contributed by atoms with Crippen LogP contribution < -0.4 is 4.74 Å². The molecule has 0 saturated carbocycles. The van der Waals surface area contributed by atoms with E-state index in [0.717, 1.165) is 6.07 Å². The Morgan fingerprint density at radius 2 is 1.66 bits per heavy atom. The summed E-state index contributed by atoms with van der Waals surface area (Å²) in [7, 11) is 0. The van der Waals surface area contributed by atoms with E-state index >= 15 is 0 Å². The maximum absolute atomic E-state index is 14.2. The largest absolute Gasteiger partial charge is 0.493 e. The highest BCUT2D eigenvalue weighted by Gasteiger charge is 2.34. The number of aliphatic carboxylic acids is 1. The van der Waals surface area contributed by atoms with Gasteiger partial charge in [-0.15, -0.1) is 0 Å². The van der Waals surface area contributed by atoms with Crippen LogP contribution in [0.15, 0.2) is 78.9 Å². The summed E-state index contributed by atoms with van der Waals surface area (Å²) in [5, 5.41) is 13.3. The average Bonchev–Trinajstić information content (AvgIpc) is 3.28. The van der Waals surface area contributed by atoms with Crippen molar-refractivity contribution in [1.82, 2.24) is 9.78 Å². The number of hydrogen-bond acceptors (Lipinski definition) is 3. The lowest BCUT2D eigenvalue weighted by Crippen LogP contribution is -2.08. The van der Waals surface area contributed by atoms with E-state index in [1.165, 1.54) is 47.1 Å². The highest BCUT2D eigenvalue weighted by atomic mass is 19.4. The molecule has 0 atom stereocenters. The number of benzene rings is 3. The summed E-state index contributed by atoms with van der Waals surface area (Å²) in [4.78, 5) is 10.8. The van der Waals surface area contributed by atoms with Crippen molar-refractivity contribution < 1.29 is 32.2 Å². The van der Waals surface area contributed by atoms with Crippen LogP contribution in [0.4, 0.5) is 17.6 Å². The van der Waals surface area contributed by atoms with Crippen molar-refractivity contribution in [2.45, 2.75) is 19.0 Å². The number of alkyl halides is 3. The molecular formula is C26H20F4N2O3. The van der Waals surface area contributed by atoms with Gasteiger partial charge in [-0.3, -0.25) is 4.79 Å². The molecule has 35 heavy (non-hydrogen) atoms. The van der Waals surface area contributed by atoms with Gasteiger partial charge in [0.05, 0.1) is 29.2 Å². The molecule has 1 heterocycles. The Labute approximate surface area is 198 Å². The maximum Gasteiger partial charge on any atom is 0.417 e. The van der Waals surface area contributed by atoms with Gasteiger partial charge in [-0.1, -0.05) is 36.4 Å². The van der Waals surface area contributed by atoms with Crippen molar-refractivity contribution in [3.8, 4) is 34.0 Å². The molecule has 0 saturated heterocycles. The predicted octanol–water partition coefficient (Wildman–Crippen LogP) is 6.61. The fraction of sp³-hybridized carbons (Fsp3) is 0.154. The van der Waals surface area contributed by atoms with E-state index in [4.69, 9.17) is 9.84 Å². The third-order valence-corrected chi connectivity index (χ3v) is 5.23. The number of halogens is 4. The van der Waals surface area contributed by atoms with E-state index in [1.54, 1.807) is 30.3 Å². The number of aromatic nitrogens is 2. The fourth-order valence-electron chi connectivity index (χ4n) is 3.66. The van der Waals surface area contributed by atoms with Crippen molar-refractivity contribution in [2.75, 3.05) is 6.61 Å². The molecule has 180 valence electrons. The van der Waals surface area contributed by atoms with E-state index in [2.05, 4.69) is 5.10 Å². The molecule has 0 amide bonds. The molecular weight excluding hydrogens is 464 g/mol. The number of carbonyl (C=O) groups is 1. The van der Waals surface area contributed by atoms with Gasteiger partial charge in [-0.25, -0.2) is 9.07 Å². The number of carboxylic acid groups (broad SMARTS) is 1. The summed E-state index contributed by atoms with van der Waals surface area (Å²) >= 11 is 0. The lowest BCUT2D eigenvalue weighted by atomic mass is 10.0. The summed E-state index contributed by atoms with van der Waals surface area (Å²) in [6.45, 7) is 0.0636. The minimum absolute atomic E-state index is 0.0636. The minimum atomic E-state index is -4.60. The van der Waals surface area contributed by atoms with Crippen LogP contribution in [0.3, 0.4) is 0 Å². The fourth-order valence-corrected chi connectivity index (χ4v) is 3.66. The lowest BCUT2D eigenvalue weighted by Gasteiger charge is -2.14. The standard InChI is InChI=1S/C26H20F4N2O3/c27-17-12-13-24(35-14-6-11-25(33)34)20(15-17)22-16-23(32(31-22)18-7-2-1-3-8-18)19-9-4-5-10-21(19)26(28,29)30/h1-5,7-10,12-13,15-16H,6,11,14H2,(H,33,34). The second kappa shape index (κ2) is 10.0. The van der Waals surface area contributed by atoms with Crippen LogP contribution >= 0.6 is 0 Å². The van der Waals surface area contributed by atoms with Crippen molar-refractivity contribution >= 4 is 5.97 Å². The van der Waals surface area contributed by atoms with Gasteiger partial charge in [-0.05, 0) is 48.9 Å². The molecule has 0 fully saturated rings. The van der Waals surface area contributed by atoms with Crippen LogP contribution in [-0.4, -0.2) is 27.5 Å². The van der Waals surface area contributed by atoms with Gasteiger partial charge >= 0.3 is 12.1 Å². The number of carboxylic acids is 1. The van der Waals surface area contributed by atoms with Crippen LogP contribution in [-0.2, 0) is 11.0 Å². The molecule has 1 aromatic heterocycles. The molecule has 0 aliphatic carbocycles. The first kappa shape index (κ1) is 24.0. The summed E-state index contributed by atoms with van der Waals surface area (Å²) in [6.07, 6.45) is -4.47. The topological polar surface area (TPSA) is 64.3 Å². The summed E-state index contributed by atoms with van der Waals surface area (Å²) in [5.74, 6) is -1.31. The van der Waals surface area contributed by atoms with E-state index in [0.29, 0.717) is 5.69 Å². The zero-order valence-corrected chi connectivity index (χ0v) is 18.3. The highest BCUT2D eigenvalue weighted by molar-refractivity contribution is 5.75. The number of rotatable bonds is 8. The molecule has 5 nitrogen and oxygen atoms in total. The van der Waals surface area contributed by atoms with Gasteiger partial charge < -0.3 is 9.84 Å². The smallest absolute Gasteiger partial charge is 0.417 e. The molecule has 1 N–H and O–H groups in total. The monoisotopic (exact) mass is 484 g/mol.